The molecule has 2 atom stereocenters. The highest BCUT2D eigenvalue weighted by Crippen LogP contribution is 2.29. The summed E-state index contributed by atoms with van der Waals surface area (Å²) in [6, 6.07) is 17.8. The molecule has 2 unspecified atom stereocenters. The molecule has 0 amide bonds. The molecule has 0 aliphatic carbocycles. The highest BCUT2D eigenvalue weighted by atomic mass is 16.6. The largest absolute Gasteiger partial charge is 0.508 e. The number of aliphatic hydroxyl groups is 1. The van der Waals surface area contributed by atoms with E-state index in [-0.39, 0.29) is 18.1 Å². The number of esters is 1. The number of nitrogens with one attached hydrogen (secondary N) is 1. The molecule has 1 aromatic heterocycles. The summed E-state index contributed by atoms with van der Waals surface area (Å²) in [4.78, 5) is 12.8. The second-order valence-corrected chi connectivity index (χ2v) is 8.36. The van der Waals surface area contributed by atoms with Crippen LogP contribution in [0.15, 0.2) is 65.2 Å². The van der Waals surface area contributed by atoms with E-state index >= 15 is 0 Å². The van der Waals surface area contributed by atoms with Gasteiger partial charge >= 0.3 is 5.97 Å². The Hall–Kier alpha value is -3.16. The van der Waals surface area contributed by atoms with Gasteiger partial charge in [0.05, 0.1) is 0 Å². The Morgan fingerprint density at radius 1 is 1.13 bits per heavy atom. The molecule has 0 aliphatic rings. The molecule has 7 nitrogen and oxygen atoms in total. The summed E-state index contributed by atoms with van der Waals surface area (Å²) in [6.45, 7) is 6.08. The van der Waals surface area contributed by atoms with Gasteiger partial charge in [-0.15, -0.1) is 0 Å². The smallest absolute Gasteiger partial charge is 0.313 e. The summed E-state index contributed by atoms with van der Waals surface area (Å²) < 4.78 is 10.9. The van der Waals surface area contributed by atoms with Crippen LogP contribution in [0.25, 0.3) is 11.3 Å². The third kappa shape index (κ3) is 6.41. The van der Waals surface area contributed by atoms with Crippen molar-refractivity contribution in [1.82, 2.24) is 10.5 Å². The number of nitrogens with zero attached hydrogens (tertiary/aromatic N) is 1. The van der Waals surface area contributed by atoms with E-state index in [1.807, 2.05) is 30.3 Å². The first-order chi connectivity index (χ1) is 14.7. The van der Waals surface area contributed by atoms with Crippen LogP contribution in [0.5, 0.6) is 5.75 Å². The number of hydrogen-bond donors (Lipinski definition) is 3. The van der Waals surface area contributed by atoms with Gasteiger partial charge in [-0.3, -0.25) is 4.79 Å². The molecule has 3 N–H and O–H groups in total. The fraction of sp³-hybridized carbons (Fsp3) is 0.333. The van der Waals surface area contributed by atoms with Crippen molar-refractivity contribution in [2.45, 2.75) is 39.0 Å². The van der Waals surface area contributed by atoms with Crippen LogP contribution in [0.2, 0.25) is 0 Å². The van der Waals surface area contributed by atoms with Gasteiger partial charge in [-0.2, -0.15) is 0 Å². The Kier molecular flexibility index (Phi) is 7.09. The molecule has 3 aromatic rings. The number of carbonyl (C=O) groups excluding carboxylic acids is 1. The Labute approximate surface area is 181 Å². The normalized spacial score (nSPS) is 13.5. The van der Waals surface area contributed by atoms with E-state index in [4.69, 9.17) is 9.26 Å². The molecule has 0 saturated heterocycles. The molecular formula is C24H28N2O5. The zero-order valence-electron chi connectivity index (χ0n) is 17.9. The third-order valence-electron chi connectivity index (χ3n) is 4.61. The van der Waals surface area contributed by atoms with Crippen molar-refractivity contribution in [3.8, 4) is 17.0 Å². The van der Waals surface area contributed by atoms with E-state index in [9.17, 15) is 15.0 Å². The zero-order valence-corrected chi connectivity index (χ0v) is 17.9. The molecule has 0 fully saturated rings. The average molecular weight is 424 g/mol. The first-order valence-electron chi connectivity index (χ1n) is 10.1. The van der Waals surface area contributed by atoms with Gasteiger partial charge in [0.15, 0.2) is 5.76 Å². The number of aliphatic hydroxyl groups excluding tert-OH is 1. The molecule has 0 radical (unpaired) electrons. The van der Waals surface area contributed by atoms with Crippen LogP contribution < -0.4 is 5.32 Å². The molecule has 0 aliphatic heterocycles. The maximum Gasteiger partial charge on any atom is 0.313 e. The van der Waals surface area contributed by atoms with Crippen LogP contribution in [0, 0.1) is 5.92 Å². The van der Waals surface area contributed by atoms with Crippen LogP contribution >= 0.6 is 0 Å². The summed E-state index contributed by atoms with van der Waals surface area (Å²) in [5.41, 5.74) is 1.59. The highest BCUT2D eigenvalue weighted by molar-refractivity contribution is 5.74. The molecule has 31 heavy (non-hydrogen) atoms. The minimum atomic E-state index is -1.24. The Morgan fingerprint density at radius 3 is 2.45 bits per heavy atom. The predicted molar refractivity (Wildman–Crippen MR) is 116 cm³/mol. The van der Waals surface area contributed by atoms with Crippen molar-refractivity contribution >= 4 is 5.97 Å². The van der Waals surface area contributed by atoms with Gasteiger partial charge in [0.2, 0.25) is 0 Å². The lowest BCUT2D eigenvalue weighted by Crippen LogP contribution is -2.37. The Balaban J connectivity index is 1.75. The first-order valence-corrected chi connectivity index (χ1v) is 10.1. The lowest BCUT2D eigenvalue weighted by atomic mass is 9.98. The Morgan fingerprint density at radius 2 is 1.81 bits per heavy atom. The lowest BCUT2D eigenvalue weighted by Gasteiger charge is -2.26. The summed E-state index contributed by atoms with van der Waals surface area (Å²) in [5, 5.41) is 27.6. The van der Waals surface area contributed by atoms with Crippen molar-refractivity contribution in [3.63, 3.8) is 0 Å². The molecule has 7 heteroatoms. The van der Waals surface area contributed by atoms with Crippen LogP contribution in [-0.4, -0.2) is 33.5 Å². The summed E-state index contributed by atoms with van der Waals surface area (Å²) >= 11 is 0. The minimum Gasteiger partial charge on any atom is -0.508 e. The standard InChI is InChI=1S/C24H28N2O5/c1-24(2,3)30-23(29)19(15-25-14-16-7-5-4-6-8-16)22(28)21-13-20(26-31-21)17-9-11-18(27)12-10-17/h4-13,19,22,25,27-28H,14-15H2,1-3H3. The van der Waals surface area contributed by atoms with E-state index in [0.29, 0.717) is 12.2 Å². The van der Waals surface area contributed by atoms with E-state index in [1.54, 1.807) is 39.0 Å². The van der Waals surface area contributed by atoms with Gasteiger partial charge in [-0.1, -0.05) is 35.5 Å². The number of benzene rings is 2. The molecule has 0 bridgehead atoms. The average Bonchev–Trinajstić information content (AvgIpc) is 3.21. The van der Waals surface area contributed by atoms with Crippen LogP contribution in [0.1, 0.15) is 38.2 Å². The maximum atomic E-state index is 12.8. The fourth-order valence-electron chi connectivity index (χ4n) is 3.06. The second-order valence-electron chi connectivity index (χ2n) is 8.36. The van der Waals surface area contributed by atoms with Crippen molar-refractivity contribution in [1.29, 1.82) is 0 Å². The van der Waals surface area contributed by atoms with Crippen molar-refractivity contribution in [3.05, 3.63) is 72.0 Å². The van der Waals surface area contributed by atoms with E-state index in [1.165, 1.54) is 12.1 Å². The number of rotatable bonds is 8. The summed E-state index contributed by atoms with van der Waals surface area (Å²) in [5.74, 6) is -1.10. The number of phenolic OH excluding ortho intramolecular Hbond substituents is 1. The van der Waals surface area contributed by atoms with Gasteiger partial charge in [0.25, 0.3) is 0 Å². The topological polar surface area (TPSA) is 105 Å². The number of aromatic nitrogens is 1. The molecule has 1 heterocycles. The number of ether oxygens (including phenoxy) is 1. The lowest BCUT2D eigenvalue weighted by molar-refractivity contribution is -0.164. The van der Waals surface area contributed by atoms with E-state index < -0.39 is 23.6 Å². The minimum absolute atomic E-state index is 0.141. The van der Waals surface area contributed by atoms with E-state index in [0.717, 1.165) is 11.1 Å². The number of aromatic hydroxyl groups is 1. The number of hydrogen-bond acceptors (Lipinski definition) is 7. The van der Waals surface area contributed by atoms with Gasteiger partial charge in [-0.05, 0) is 50.6 Å². The van der Waals surface area contributed by atoms with Crippen LogP contribution in [-0.2, 0) is 16.1 Å². The predicted octanol–water partition coefficient (Wildman–Crippen LogP) is 3.83. The summed E-state index contributed by atoms with van der Waals surface area (Å²) in [7, 11) is 0. The second kappa shape index (κ2) is 9.76. The fourth-order valence-corrected chi connectivity index (χ4v) is 3.06. The van der Waals surface area contributed by atoms with Gasteiger partial charge < -0.3 is 24.8 Å². The van der Waals surface area contributed by atoms with Gasteiger partial charge in [0, 0.05) is 24.7 Å². The number of phenols is 1. The quantitative estimate of drug-likeness (QED) is 0.472. The maximum absolute atomic E-state index is 12.8. The third-order valence-corrected chi connectivity index (χ3v) is 4.61. The van der Waals surface area contributed by atoms with Crippen LogP contribution in [0.4, 0.5) is 0 Å². The van der Waals surface area contributed by atoms with Gasteiger partial charge in [0.1, 0.15) is 29.1 Å². The first kappa shape index (κ1) is 22.5. The number of carbonyl (C=O) groups is 1. The SMILES string of the molecule is CC(C)(C)OC(=O)C(CNCc1ccccc1)C(O)c1cc(-c2ccc(O)cc2)no1. The monoisotopic (exact) mass is 424 g/mol. The molecular weight excluding hydrogens is 396 g/mol. The molecule has 164 valence electrons. The summed E-state index contributed by atoms with van der Waals surface area (Å²) in [6.07, 6.45) is -1.24. The molecule has 3 rings (SSSR count). The van der Waals surface area contributed by atoms with E-state index in [2.05, 4.69) is 10.5 Å². The molecule has 0 spiro atoms. The van der Waals surface area contributed by atoms with Crippen molar-refractivity contribution < 1.29 is 24.3 Å². The van der Waals surface area contributed by atoms with Gasteiger partial charge in [-0.25, -0.2) is 0 Å². The zero-order chi connectivity index (χ0) is 22.4. The highest BCUT2D eigenvalue weighted by Gasteiger charge is 2.34. The Bertz CT molecular complexity index is 977. The molecule has 2 aromatic carbocycles. The van der Waals surface area contributed by atoms with Crippen LogP contribution in [0.3, 0.4) is 0 Å². The van der Waals surface area contributed by atoms with Crippen molar-refractivity contribution in [2.24, 2.45) is 5.92 Å². The van der Waals surface area contributed by atoms with Crippen molar-refractivity contribution in [2.75, 3.05) is 6.54 Å². The molecule has 0 saturated carbocycles.